The number of nitrogens with zero attached hydrogens (tertiary/aromatic N) is 1. The van der Waals surface area contributed by atoms with Gasteiger partial charge in [-0.2, -0.15) is 0 Å². The second kappa shape index (κ2) is 3.75. The van der Waals surface area contributed by atoms with E-state index in [9.17, 15) is 0 Å². The average Bonchev–Trinajstić information content (AvgIpc) is 2.75. The molecule has 1 N–H and O–H groups in total. The quantitative estimate of drug-likeness (QED) is 0.664. The van der Waals surface area contributed by atoms with Crippen molar-refractivity contribution < 1.29 is 0 Å². The largest absolute Gasteiger partial charge is 0.314 e. The molecule has 0 atom stereocenters. The van der Waals surface area contributed by atoms with Crippen molar-refractivity contribution in [1.82, 2.24) is 10.2 Å². The van der Waals surface area contributed by atoms with Crippen LogP contribution in [0.1, 0.15) is 32.6 Å². The van der Waals surface area contributed by atoms with Gasteiger partial charge in [-0.15, -0.1) is 0 Å². The molecule has 2 fully saturated rings. The van der Waals surface area contributed by atoms with Crippen LogP contribution < -0.4 is 5.32 Å². The third kappa shape index (κ3) is 1.80. The Balaban J connectivity index is 1.75. The molecular weight excluding hydrogens is 148 g/mol. The number of hydrogen-bond donors (Lipinski definition) is 1. The third-order valence-electron chi connectivity index (χ3n) is 3.01. The van der Waals surface area contributed by atoms with E-state index in [0.717, 1.165) is 12.1 Å². The summed E-state index contributed by atoms with van der Waals surface area (Å²) < 4.78 is 0. The fourth-order valence-electron chi connectivity index (χ4n) is 1.92. The smallest absolute Gasteiger partial charge is 0.0348 e. The van der Waals surface area contributed by atoms with Crippen LogP contribution in [0.4, 0.5) is 0 Å². The normalized spacial score (nSPS) is 24.5. The zero-order valence-corrected chi connectivity index (χ0v) is 8.05. The maximum atomic E-state index is 3.36. The molecule has 0 radical (unpaired) electrons. The van der Waals surface area contributed by atoms with Crippen molar-refractivity contribution in [2.45, 2.75) is 44.7 Å². The van der Waals surface area contributed by atoms with E-state index in [0.29, 0.717) is 0 Å². The molecule has 1 aliphatic carbocycles. The Bertz CT molecular complexity index is 139. The van der Waals surface area contributed by atoms with Gasteiger partial charge in [0.25, 0.3) is 0 Å². The first-order chi connectivity index (χ1) is 5.92. The molecule has 0 amide bonds. The monoisotopic (exact) mass is 168 g/mol. The minimum atomic E-state index is 0.879. The van der Waals surface area contributed by atoms with Gasteiger partial charge in [0, 0.05) is 25.2 Å². The fraction of sp³-hybridized carbons (Fsp3) is 1.00. The Labute approximate surface area is 75.3 Å². The van der Waals surface area contributed by atoms with Gasteiger partial charge in [0.15, 0.2) is 0 Å². The summed E-state index contributed by atoms with van der Waals surface area (Å²) in [6.45, 7) is 6.10. The second-order valence-corrected chi connectivity index (χ2v) is 4.13. The highest BCUT2D eigenvalue weighted by molar-refractivity contribution is 4.93. The van der Waals surface area contributed by atoms with Gasteiger partial charge < -0.3 is 5.32 Å². The fourth-order valence-corrected chi connectivity index (χ4v) is 1.92. The zero-order valence-electron chi connectivity index (χ0n) is 8.05. The number of hydrogen-bond acceptors (Lipinski definition) is 2. The molecular formula is C10H20N2. The van der Waals surface area contributed by atoms with Crippen LogP contribution in [-0.2, 0) is 0 Å². The maximum absolute atomic E-state index is 3.36. The Morgan fingerprint density at radius 3 is 2.42 bits per heavy atom. The summed E-state index contributed by atoms with van der Waals surface area (Å²) >= 11 is 0. The van der Waals surface area contributed by atoms with E-state index in [-0.39, 0.29) is 0 Å². The van der Waals surface area contributed by atoms with E-state index in [1.54, 1.807) is 0 Å². The molecule has 0 aromatic carbocycles. The van der Waals surface area contributed by atoms with E-state index in [4.69, 9.17) is 0 Å². The molecule has 1 aliphatic heterocycles. The van der Waals surface area contributed by atoms with Crippen molar-refractivity contribution in [1.29, 1.82) is 0 Å². The molecule has 12 heavy (non-hydrogen) atoms. The van der Waals surface area contributed by atoms with Gasteiger partial charge in [-0.25, -0.2) is 0 Å². The summed E-state index contributed by atoms with van der Waals surface area (Å²) in [5, 5.41) is 3.36. The molecule has 0 spiro atoms. The molecule has 1 heterocycles. The van der Waals surface area contributed by atoms with Crippen molar-refractivity contribution in [3.05, 3.63) is 0 Å². The molecule has 0 aromatic rings. The SMILES string of the molecule is CCCCN(C1CC1)C1CNC1. The number of nitrogens with one attached hydrogen (secondary N) is 1. The van der Waals surface area contributed by atoms with Gasteiger partial charge in [-0.05, 0) is 25.8 Å². The molecule has 0 bridgehead atoms. The van der Waals surface area contributed by atoms with Crippen LogP contribution >= 0.6 is 0 Å². The Hall–Kier alpha value is -0.0800. The van der Waals surface area contributed by atoms with Crippen molar-refractivity contribution in [2.24, 2.45) is 0 Å². The molecule has 1 saturated carbocycles. The molecule has 2 rings (SSSR count). The lowest BCUT2D eigenvalue weighted by Crippen LogP contribution is -2.58. The summed E-state index contributed by atoms with van der Waals surface area (Å²) in [5.74, 6) is 0. The van der Waals surface area contributed by atoms with E-state index in [1.165, 1.54) is 45.3 Å². The molecule has 2 aliphatic rings. The highest BCUT2D eigenvalue weighted by Crippen LogP contribution is 2.29. The van der Waals surface area contributed by atoms with E-state index in [2.05, 4.69) is 17.1 Å². The maximum Gasteiger partial charge on any atom is 0.0348 e. The van der Waals surface area contributed by atoms with Crippen LogP contribution in [0.5, 0.6) is 0 Å². The Morgan fingerprint density at radius 1 is 1.25 bits per heavy atom. The molecule has 0 unspecified atom stereocenters. The summed E-state index contributed by atoms with van der Waals surface area (Å²) in [4.78, 5) is 2.74. The van der Waals surface area contributed by atoms with E-state index in [1.807, 2.05) is 0 Å². The standard InChI is InChI=1S/C10H20N2/c1-2-3-6-12(9-4-5-9)10-7-11-8-10/h9-11H,2-8H2,1H3. The van der Waals surface area contributed by atoms with Crippen molar-refractivity contribution >= 4 is 0 Å². The van der Waals surface area contributed by atoms with Gasteiger partial charge in [0.05, 0.1) is 0 Å². The van der Waals surface area contributed by atoms with Gasteiger partial charge in [0.2, 0.25) is 0 Å². The van der Waals surface area contributed by atoms with Crippen molar-refractivity contribution in [2.75, 3.05) is 19.6 Å². The minimum Gasteiger partial charge on any atom is -0.314 e. The van der Waals surface area contributed by atoms with E-state index >= 15 is 0 Å². The molecule has 70 valence electrons. The summed E-state index contributed by atoms with van der Waals surface area (Å²) in [7, 11) is 0. The van der Waals surface area contributed by atoms with Crippen LogP contribution in [0.3, 0.4) is 0 Å². The van der Waals surface area contributed by atoms with Gasteiger partial charge in [-0.1, -0.05) is 13.3 Å². The molecule has 1 saturated heterocycles. The predicted octanol–water partition coefficient (Wildman–Crippen LogP) is 1.22. The lowest BCUT2D eigenvalue weighted by atomic mass is 10.1. The average molecular weight is 168 g/mol. The highest BCUT2D eigenvalue weighted by Gasteiger charge is 2.35. The number of unbranched alkanes of at least 4 members (excludes halogenated alkanes) is 1. The topological polar surface area (TPSA) is 15.3 Å². The zero-order chi connectivity index (χ0) is 8.39. The second-order valence-electron chi connectivity index (χ2n) is 4.13. The van der Waals surface area contributed by atoms with Crippen molar-refractivity contribution in [3.63, 3.8) is 0 Å². The molecule has 2 heteroatoms. The summed E-state index contributed by atoms with van der Waals surface area (Å²) in [6, 6.07) is 1.84. The molecule has 2 nitrogen and oxygen atoms in total. The lowest BCUT2D eigenvalue weighted by molar-refractivity contribution is 0.135. The van der Waals surface area contributed by atoms with Crippen LogP contribution in [0.15, 0.2) is 0 Å². The minimum absolute atomic E-state index is 0.879. The predicted molar refractivity (Wildman–Crippen MR) is 51.3 cm³/mol. The lowest BCUT2D eigenvalue weighted by Gasteiger charge is -2.38. The summed E-state index contributed by atoms with van der Waals surface area (Å²) in [6.07, 6.45) is 5.64. The first-order valence-corrected chi connectivity index (χ1v) is 5.38. The Kier molecular flexibility index (Phi) is 2.66. The van der Waals surface area contributed by atoms with Crippen LogP contribution in [-0.4, -0.2) is 36.6 Å². The first-order valence-electron chi connectivity index (χ1n) is 5.38. The number of rotatable bonds is 5. The van der Waals surface area contributed by atoms with Gasteiger partial charge in [0.1, 0.15) is 0 Å². The highest BCUT2D eigenvalue weighted by atomic mass is 15.3. The van der Waals surface area contributed by atoms with E-state index < -0.39 is 0 Å². The Morgan fingerprint density at radius 2 is 2.00 bits per heavy atom. The van der Waals surface area contributed by atoms with Gasteiger partial charge >= 0.3 is 0 Å². The van der Waals surface area contributed by atoms with Crippen LogP contribution in [0.2, 0.25) is 0 Å². The third-order valence-corrected chi connectivity index (χ3v) is 3.01. The first kappa shape index (κ1) is 8.52. The van der Waals surface area contributed by atoms with Crippen molar-refractivity contribution in [3.8, 4) is 0 Å². The van der Waals surface area contributed by atoms with Gasteiger partial charge in [-0.3, -0.25) is 4.90 Å². The van der Waals surface area contributed by atoms with Crippen LogP contribution in [0, 0.1) is 0 Å². The molecule has 0 aromatic heterocycles. The summed E-state index contributed by atoms with van der Waals surface area (Å²) in [5.41, 5.74) is 0. The van der Waals surface area contributed by atoms with Crippen LogP contribution in [0.25, 0.3) is 0 Å².